The number of nitrogens with zero attached hydrogens (tertiary/aromatic N) is 3. The summed E-state index contributed by atoms with van der Waals surface area (Å²) in [5.41, 5.74) is 3.54. The monoisotopic (exact) mass is 352 g/mol. The molecule has 1 N–H and O–H groups in total. The smallest absolute Gasteiger partial charge is 0.0917 e. The van der Waals surface area contributed by atoms with Gasteiger partial charge in [-0.1, -0.05) is 36.6 Å². The van der Waals surface area contributed by atoms with E-state index in [1.807, 2.05) is 53.6 Å². The highest BCUT2D eigenvalue weighted by Gasteiger charge is 2.35. The standard InChI is InChI=1S/C20H21ClN4/c21-18-5-3-17(4-6-18)20(10-1-2-11-20)23-15-25-19(9-14-24-25)16-7-12-22-13-8-16/h3-9,12-14,23H,1-2,10-11,15H2. The van der Waals surface area contributed by atoms with Gasteiger partial charge in [-0.3, -0.25) is 15.0 Å². The average Bonchev–Trinajstić information content (AvgIpc) is 3.31. The van der Waals surface area contributed by atoms with Gasteiger partial charge in [-0.2, -0.15) is 5.10 Å². The van der Waals surface area contributed by atoms with Crippen LogP contribution >= 0.6 is 11.6 Å². The number of hydrogen-bond donors (Lipinski definition) is 1. The zero-order valence-electron chi connectivity index (χ0n) is 14.0. The first-order chi connectivity index (χ1) is 12.3. The van der Waals surface area contributed by atoms with Crippen LogP contribution in [0.3, 0.4) is 0 Å². The van der Waals surface area contributed by atoms with E-state index in [9.17, 15) is 0 Å². The van der Waals surface area contributed by atoms with Crippen LogP contribution in [-0.2, 0) is 12.2 Å². The molecule has 0 radical (unpaired) electrons. The molecule has 1 saturated carbocycles. The van der Waals surface area contributed by atoms with Gasteiger partial charge in [0.2, 0.25) is 0 Å². The molecule has 4 rings (SSSR count). The second-order valence-electron chi connectivity index (χ2n) is 6.58. The van der Waals surface area contributed by atoms with Gasteiger partial charge in [-0.05, 0) is 48.7 Å². The normalized spacial score (nSPS) is 16.2. The average molecular weight is 353 g/mol. The Morgan fingerprint density at radius 2 is 1.68 bits per heavy atom. The van der Waals surface area contributed by atoms with Crippen LogP contribution in [0.1, 0.15) is 31.2 Å². The zero-order valence-corrected chi connectivity index (χ0v) is 14.8. The summed E-state index contributed by atoms with van der Waals surface area (Å²) >= 11 is 6.07. The highest BCUT2D eigenvalue weighted by Crippen LogP contribution is 2.39. The minimum absolute atomic E-state index is 0.00600. The molecule has 0 unspecified atom stereocenters. The maximum atomic E-state index is 6.07. The SMILES string of the molecule is Clc1ccc(C2(NCn3nccc3-c3ccncc3)CCCC2)cc1. The van der Waals surface area contributed by atoms with Crippen molar-refractivity contribution in [2.75, 3.05) is 0 Å². The summed E-state index contributed by atoms with van der Waals surface area (Å²) in [6, 6.07) is 14.3. The van der Waals surface area contributed by atoms with Crippen LogP contribution in [0.2, 0.25) is 5.02 Å². The molecule has 1 fully saturated rings. The summed E-state index contributed by atoms with van der Waals surface area (Å²) in [6.45, 7) is 0.674. The predicted octanol–water partition coefficient (Wildman–Crippen LogP) is 4.62. The summed E-state index contributed by atoms with van der Waals surface area (Å²) < 4.78 is 2.02. The van der Waals surface area contributed by atoms with Crippen molar-refractivity contribution in [1.29, 1.82) is 0 Å². The number of pyridine rings is 1. The fourth-order valence-corrected chi connectivity index (χ4v) is 3.89. The number of nitrogens with one attached hydrogen (secondary N) is 1. The summed E-state index contributed by atoms with van der Waals surface area (Å²) in [4.78, 5) is 4.10. The number of rotatable bonds is 5. The fraction of sp³-hybridized carbons (Fsp3) is 0.300. The van der Waals surface area contributed by atoms with Gasteiger partial charge in [0.25, 0.3) is 0 Å². The quantitative estimate of drug-likeness (QED) is 0.728. The van der Waals surface area contributed by atoms with Gasteiger partial charge in [-0.15, -0.1) is 0 Å². The number of aromatic nitrogens is 3. The van der Waals surface area contributed by atoms with Crippen LogP contribution in [0, 0.1) is 0 Å². The summed E-state index contributed by atoms with van der Waals surface area (Å²) in [5.74, 6) is 0. The van der Waals surface area contributed by atoms with E-state index in [0.717, 1.165) is 29.1 Å². The predicted molar refractivity (Wildman–Crippen MR) is 100 cm³/mol. The maximum absolute atomic E-state index is 6.07. The highest BCUT2D eigenvalue weighted by atomic mass is 35.5. The van der Waals surface area contributed by atoms with E-state index in [2.05, 4.69) is 27.5 Å². The maximum Gasteiger partial charge on any atom is 0.0917 e. The Balaban J connectivity index is 1.57. The molecule has 4 nitrogen and oxygen atoms in total. The van der Waals surface area contributed by atoms with Gasteiger partial charge in [0, 0.05) is 34.7 Å². The van der Waals surface area contributed by atoms with Crippen LogP contribution in [-0.4, -0.2) is 14.8 Å². The molecule has 0 atom stereocenters. The van der Waals surface area contributed by atoms with E-state index in [0.29, 0.717) is 6.67 Å². The molecule has 5 heteroatoms. The zero-order chi connectivity index (χ0) is 17.1. The Labute approximate surface area is 152 Å². The molecule has 128 valence electrons. The van der Waals surface area contributed by atoms with Gasteiger partial charge < -0.3 is 0 Å². The van der Waals surface area contributed by atoms with Gasteiger partial charge in [0.15, 0.2) is 0 Å². The van der Waals surface area contributed by atoms with E-state index in [-0.39, 0.29) is 5.54 Å². The van der Waals surface area contributed by atoms with E-state index in [1.165, 1.54) is 18.4 Å². The van der Waals surface area contributed by atoms with Crippen molar-refractivity contribution >= 4 is 11.6 Å². The molecule has 0 bridgehead atoms. The molecule has 2 aromatic heterocycles. The van der Waals surface area contributed by atoms with Gasteiger partial charge in [0.1, 0.15) is 0 Å². The van der Waals surface area contributed by atoms with Gasteiger partial charge in [-0.25, -0.2) is 0 Å². The molecule has 1 aliphatic carbocycles. The molecule has 25 heavy (non-hydrogen) atoms. The van der Waals surface area contributed by atoms with E-state index in [1.54, 1.807) is 0 Å². The molecule has 3 aromatic rings. The molecule has 1 aromatic carbocycles. The van der Waals surface area contributed by atoms with Crippen molar-refractivity contribution in [3.05, 3.63) is 71.6 Å². The third kappa shape index (κ3) is 3.32. The van der Waals surface area contributed by atoms with Crippen LogP contribution in [0.4, 0.5) is 0 Å². The Kier molecular flexibility index (Phi) is 4.55. The molecular formula is C20H21ClN4. The first-order valence-corrected chi connectivity index (χ1v) is 9.08. The molecule has 2 heterocycles. The molecule has 0 aliphatic heterocycles. The fourth-order valence-electron chi connectivity index (χ4n) is 3.77. The Bertz CT molecular complexity index is 820. The first kappa shape index (κ1) is 16.3. The van der Waals surface area contributed by atoms with Crippen molar-refractivity contribution in [2.45, 2.75) is 37.9 Å². The van der Waals surface area contributed by atoms with Crippen molar-refractivity contribution < 1.29 is 0 Å². The van der Waals surface area contributed by atoms with Crippen LogP contribution in [0.5, 0.6) is 0 Å². The molecule has 1 aliphatic rings. The van der Waals surface area contributed by atoms with E-state index < -0.39 is 0 Å². The van der Waals surface area contributed by atoms with Crippen molar-refractivity contribution in [3.63, 3.8) is 0 Å². The minimum Gasteiger partial charge on any atom is -0.289 e. The Morgan fingerprint density at radius 3 is 2.40 bits per heavy atom. The van der Waals surface area contributed by atoms with Crippen LogP contribution in [0.15, 0.2) is 61.1 Å². The Morgan fingerprint density at radius 1 is 0.960 bits per heavy atom. The van der Waals surface area contributed by atoms with Gasteiger partial charge >= 0.3 is 0 Å². The third-order valence-corrected chi connectivity index (χ3v) is 5.37. The van der Waals surface area contributed by atoms with Crippen molar-refractivity contribution in [1.82, 2.24) is 20.1 Å². The number of hydrogen-bond acceptors (Lipinski definition) is 3. The lowest BCUT2D eigenvalue weighted by Crippen LogP contribution is -2.41. The molecule has 0 saturated heterocycles. The second-order valence-corrected chi connectivity index (χ2v) is 7.02. The van der Waals surface area contributed by atoms with Crippen molar-refractivity contribution in [3.8, 4) is 11.3 Å². The Hall–Kier alpha value is -2.17. The van der Waals surface area contributed by atoms with Crippen LogP contribution < -0.4 is 5.32 Å². The second kappa shape index (κ2) is 6.98. The topological polar surface area (TPSA) is 42.7 Å². The summed E-state index contributed by atoms with van der Waals surface area (Å²) in [6.07, 6.45) is 10.2. The summed E-state index contributed by atoms with van der Waals surface area (Å²) in [5, 5.41) is 9.07. The first-order valence-electron chi connectivity index (χ1n) is 8.70. The minimum atomic E-state index is 0.00600. The summed E-state index contributed by atoms with van der Waals surface area (Å²) in [7, 11) is 0. The lowest BCUT2D eigenvalue weighted by atomic mass is 9.88. The van der Waals surface area contributed by atoms with E-state index >= 15 is 0 Å². The molecule has 0 amide bonds. The van der Waals surface area contributed by atoms with Crippen LogP contribution in [0.25, 0.3) is 11.3 Å². The van der Waals surface area contributed by atoms with Crippen molar-refractivity contribution in [2.24, 2.45) is 0 Å². The highest BCUT2D eigenvalue weighted by molar-refractivity contribution is 6.30. The molecule has 0 spiro atoms. The van der Waals surface area contributed by atoms with Gasteiger partial charge in [0.05, 0.1) is 12.4 Å². The third-order valence-electron chi connectivity index (χ3n) is 5.11. The lowest BCUT2D eigenvalue weighted by molar-refractivity contribution is 0.300. The number of benzene rings is 1. The van der Waals surface area contributed by atoms with E-state index in [4.69, 9.17) is 11.6 Å². The number of halogens is 1. The lowest BCUT2D eigenvalue weighted by Gasteiger charge is -2.31. The largest absolute Gasteiger partial charge is 0.289 e. The molecular weight excluding hydrogens is 332 g/mol.